The van der Waals surface area contributed by atoms with Crippen molar-refractivity contribution >= 4 is 37.3 Å². The quantitative estimate of drug-likeness (QED) is 0.427. The van der Waals surface area contributed by atoms with Crippen LogP contribution in [0.3, 0.4) is 0 Å². The molecule has 7 nitrogen and oxygen atoms in total. The highest BCUT2D eigenvalue weighted by atomic mass is 32.2. The number of nitrogens with zero attached hydrogens (tertiary/aromatic N) is 3. The largest absolute Gasteiger partial charge is 0.476 e. The molecule has 0 fully saturated rings. The molecule has 0 saturated heterocycles. The molecule has 4 aromatic rings. The highest BCUT2D eigenvalue weighted by Crippen LogP contribution is 2.27. The molecule has 0 bridgehead atoms. The molecule has 2 heterocycles. The SMILES string of the molecule is Cc1nc2ccc(S(=O)(=O)Nc3cccc(-c4ccc(OCC(C)C)nn4)c3)cc2s1. The monoisotopic (exact) mass is 454 g/mol. The smallest absolute Gasteiger partial charge is 0.261 e. The van der Waals surface area contributed by atoms with Gasteiger partial charge < -0.3 is 4.74 Å². The first kappa shape index (κ1) is 21.2. The number of benzene rings is 2. The maximum absolute atomic E-state index is 12.9. The Balaban J connectivity index is 1.54. The van der Waals surface area contributed by atoms with Gasteiger partial charge in [0.1, 0.15) is 0 Å². The summed E-state index contributed by atoms with van der Waals surface area (Å²) < 4.78 is 34.8. The summed E-state index contributed by atoms with van der Waals surface area (Å²) in [4.78, 5) is 4.57. The second kappa shape index (κ2) is 8.60. The van der Waals surface area contributed by atoms with E-state index in [1.165, 1.54) is 11.3 Å². The van der Waals surface area contributed by atoms with Gasteiger partial charge in [-0.05, 0) is 49.2 Å². The van der Waals surface area contributed by atoms with Crippen molar-refractivity contribution in [3.63, 3.8) is 0 Å². The van der Waals surface area contributed by atoms with Gasteiger partial charge in [0.15, 0.2) is 0 Å². The fourth-order valence-corrected chi connectivity index (χ4v) is 4.96. The van der Waals surface area contributed by atoms with Gasteiger partial charge in [-0.3, -0.25) is 4.72 Å². The van der Waals surface area contributed by atoms with Gasteiger partial charge in [-0.15, -0.1) is 21.5 Å². The molecule has 160 valence electrons. The Kier molecular flexibility index (Phi) is 5.88. The van der Waals surface area contributed by atoms with Crippen LogP contribution in [-0.2, 0) is 10.0 Å². The number of anilines is 1. The third-order valence-corrected chi connectivity index (χ3v) is 6.70. The van der Waals surface area contributed by atoms with Crippen LogP contribution in [0.5, 0.6) is 5.88 Å². The summed E-state index contributed by atoms with van der Waals surface area (Å²) in [6, 6.07) is 15.5. The number of thiazole rings is 1. The summed E-state index contributed by atoms with van der Waals surface area (Å²) in [5.41, 5.74) is 2.61. The maximum Gasteiger partial charge on any atom is 0.261 e. The zero-order valence-corrected chi connectivity index (χ0v) is 19.0. The fourth-order valence-electron chi connectivity index (χ4n) is 2.95. The molecule has 0 unspecified atom stereocenters. The van der Waals surface area contributed by atoms with Crippen molar-refractivity contribution in [2.45, 2.75) is 25.7 Å². The Labute approximate surface area is 185 Å². The molecule has 2 aromatic carbocycles. The lowest BCUT2D eigenvalue weighted by atomic mass is 10.1. The van der Waals surface area contributed by atoms with E-state index in [0.29, 0.717) is 29.8 Å². The van der Waals surface area contributed by atoms with Crippen molar-refractivity contribution in [3.05, 3.63) is 59.6 Å². The van der Waals surface area contributed by atoms with Gasteiger partial charge in [-0.25, -0.2) is 13.4 Å². The molecule has 9 heteroatoms. The molecule has 0 aliphatic rings. The van der Waals surface area contributed by atoms with Crippen LogP contribution in [0.2, 0.25) is 0 Å². The lowest BCUT2D eigenvalue weighted by molar-refractivity contribution is 0.258. The van der Waals surface area contributed by atoms with Crippen molar-refractivity contribution < 1.29 is 13.2 Å². The van der Waals surface area contributed by atoms with Crippen LogP contribution in [0.15, 0.2) is 59.5 Å². The number of hydrogen-bond donors (Lipinski definition) is 1. The first-order valence-corrected chi connectivity index (χ1v) is 12.1. The Bertz CT molecular complexity index is 1320. The highest BCUT2D eigenvalue weighted by Gasteiger charge is 2.16. The van der Waals surface area contributed by atoms with E-state index in [0.717, 1.165) is 20.8 Å². The summed E-state index contributed by atoms with van der Waals surface area (Å²) in [5, 5.41) is 9.19. The van der Waals surface area contributed by atoms with Gasteiger partial charge >= 0.3 is 0 Å². The van der Waals surface area contributed by atoms with E-state index >= 15 is 0 Å². The normalized spacial score (nSPS) is 11.7. The van der Waals surface area contributed by atoms with Crippen molar-refractivity contribution in [3.8, 4) is 17.1 Å². The number of ether oxygens (including phenoxy) is 1. The van der Waals surface area contributed by atoms with E-state index in [1.807, 2.05) is 13.0 Å². The van der Waals surface area contributed by atoms with Gasteiger partial charge in [-0.1, -0.05) is 26.0 Å². The minimum Gasteiger partial charge on any atom is -0.476 e. The minimum absolute atomic E-state index is 0.195. The fraction of sp³-hybridized carbons (Fsp3) is 0.227. The van der Waals surface area contributed by atoms with E-state index in [-0.39, 0.29) is 4.90 Å². The van der Waals surface area contributed by atoms with E-state index in [1.54, 1.807) is 48.5 Å². The second-order valence-corrected chi connectivity index (χ2v) is 10.4. The van der Waals surface area contributed by atoms with Crippen LogP contribution in [-0.4, -0.2) is 30.2 Å². The zero-order chi connectivity index (χ0) is 22.0. The predicted molar refractivity (Wildman–Crippen MR) is 123 cm³/mol. The summed E-state index contributed by atoms with van der Waals surface area (Å²) in [7, 11) is -3.74. The summed E-state index contributed by atoms with van der Waals surface area (Å²) in [5.74, 6) is 0.856. The molecule has 4 rings (SSSR count). The standard InChI is InChI=1S/C22H22N4O3S2/c1-14(2)13-29-22-10-9-19(24-25-22)16-5-4-6-17(11-16)26-31(27,28)18-7-8-20-21(12-18)30-15(3)23-20/h4-12,14,26H,13H2,1-3H3. The van der Waals surface area contributed by atoms with Crippen LogP contribution in [0.25, 0.3) is 21.5 Å². The lowest BCUT2D eigenvalue weighted by Gasteiger charge is -2.10. The molecule has 0 spiro atoms. The molecule has 0 atom stereocenters. The van der Waals surface area contributed by atoms with Crippen LogP contribution < -0.4 is 9.46 Å². The Morgan fingerprint density at radius 2 is 1.90 bits per heavy atom. The number of hydrogen-bond acceptors (Lipinski definition) is 7. The van der Waals surface area contributed by atoms with Crippen molar-refractivity contribution in [1.29, 1.82) is 0 Å². The Morgan fingerprint density at radius 1 is 1.06 bits per heavy atom. The van der Waals surface area contributed by atoms with Crippen LogP contribution in [0.1, 0.15) is 18.9 Å². The van der Waals surface area contributed by atoms with Crippen molar-refractivity contribution in [2.75, 3.05) is 11.3 Å². The predicted octanol–water partition coefficient (Wildman–Crippen LogP) is 4.90. The molecular weight excluding hydrogens is 432 g/mol. The van der Waals surface area contributed by atoms with E-state index in [2.05, 4.69) is 33.8 Å². The molecule has 0 saturated carbocycles. The van der Waals surface area contributed by atoms with Crippen molar-refractivity contribution in [2.24, 2.45) is 5.92 Å². The molecule has 0 aliphatic carbocycles. The summed E-state index contributed by atoms with van der Waals surface area (Å²) in [6.07, 6.45) is 0. The van der Waals surface area contributed by atoms with Gasteiger partial charge in [0.05, 0.1) is 32.4 Å². The zero-order valence-electron chi connectivity index (χ0n) is 17.4. The first-order chi connectivity index (χ1) is 14.8. The molecule has 0 amide bonds. The average Bonchev–Trinajstić information content (AvgIpc) is 3.12. The molecule has 0 aliphatic heterocycles. The molecule has 31 heavy (non-hydrogen) atoms. The molecule has 1 N–H and O–H groups in total. The third-order valence-electron chi connectivity index (χ3n) is 4.39. The van der Waals surface area contributed by atoms with Gasteiger partial charge in [0, 0.05) is 17.3 Å². The summed E-state index contributed by atoms with van der Waals surface area (Å²) in [6.45, 7) is 6.59. The van der Waals surface area contributed by atoms with Crippen molar-refractivity contribution in [1.82, 2.24) is 15.2 Å². The first-order valence-electron chi connectivity index (χ1n) is 9.77. The topological polar surface area (TPSA) is 94.1 Å². The Hall–Kier alpha value is -3.04. The van der Waals surface area contributed by atoms with E-state index in [9.17, 15) is 8.42 Å². The number of aromatic nitrogens is 3. The van der Waals surface area contributed by atoms with Gasteiger partial charge in [0.25, 0.3) is 10.0 Å². The maximum atomic E-state index is 12.9. The number of aryl methyl sites for hydroxylation is 1. The number of nitrogens with one attached hydrogen (secondary N) is 1. The summed E-state index contributed by atoms with van der Waals surface area (Å²) >= 11 is 1.47. The Morgan fingerprint density at radius 3 is 2.65 bits per heavy atom. The number of rotatable bonds is 7. The highest BCUT2D eigenvalue weighted by molar-refractivity contribution is 7.92. The second-order valence-electron chi connectivity index (χ2n) is 7.51. The molecule has 0 radical (unpaired) electrons. The number of fused-ring (bicyclic) bond motifs is 1. The van der Waals surface area contributed by atoms with Gasteiger partial charge in [0.2, 0.25) is 5.88 Å². The van der Waals surface area contributed by atoms with Gasteiger partial charge in [-0.2, -0.15) is 0 Å². The average molecular weight is 455 g/mol. The van der Waals surface area contributed by atoms with Crippen LogP contribution in [0, 0.1) is 12.8 Å². The number of sulfonamides is 1. The molecule has 2 aromatic heterocycles. The van der Waals surface area contributed by atoms with E-state index < -0.39 is 10.0 Å². The third kappa shape index (κ3) is 5.00. The van der Waals surface area contributed by atoms with Crippen LogP contribution >= 0.6 is 11.3 Å². The lowest BCUT2D eigenvalue weighted by Crippen LogP contribution is -2.12. The van der Waals surface area contributed by atoms with Crippen LogP contribution in [0.4, 0.5) is 5.69 Å². The van der Waals surface area contributed by atoms with E-state index in [4.69, 9.17) is 4.74 Å². The minimum atomic E-state index is -3.74. The molecular formula is C22H22N4O3S2.